The molecule has 1 heterocycles. The number of nitrogens with two attached hydrogens (primary N) is 1. The number of halogens is 1. The molecule has 1 aromatic rings. The smallest absolute Gasteiger partial charge is 0.0708 e. The Balaban J connectivity index is 1.89. The molecule has 0 aliphatic heterocycles. The van der Waals surface area contributed by atoms with E-state index in [0.717, 1.165) is 16.3 Å². The fraction of sp³-hybridized carbons (Fsp3) is 0.750. The van der Waals surface area contributed by atoms with E-state index in [1.807, 2.05) is 17.9 Å². The highest BCUT2D eigenvalue weighted by Gasteiger charge is 2.44. The van der Waals surface area contributed by atoms with E-state index >= 15 is 0 Å². The summed E-state index contributed by atoms with van der Waals surface area (Å²) in [5.74, 6) is 8.26. The summed E-state index contributed by atoms with van der Waals surface area (Å²) in [6, 6.07) is 0.229. The first kappa shape index (κ1) is 11.7. The van der Waals surface area contributed by atoms with E-state index in [0.29, 0.717) is 5.92 Å². The molecule has 0 spiro atoms. The first-order valence-electron chi connectivity index (χ1n) is 6.34. The van der Waals surface area contributed by atoms with Gasteiger partial charge in [0, 0.05) is 7.05 Å². The number of rotatable bonds is 3. The van der Waals surface area contributed by atoms with Gasteiger partial charge in [-0.1, -0.05) is 6.42 Å². The van der Waals surface area contributed by atoms with E-state index in [9.17, 15) is 0 Å². The summed E-state index contributed by atoms with van der Waals surface area (Å²) in [5.41, 5.74) is 4.21. The van der Waals surface area contributed by atoms with Gasteiger partial charge < -0.3 is 0 Å². The van der Waals surface area contributed by atoms with E-state index in [4.69, 9.17) is 5.84 Å². The van der Waals surface area contributed by atoms with Gasteiger partial charge in [-0.3, -0.25) is 16.0 Å². The molecule has 2 fully saturated rings. The molecule has 17 heavy (non-hydrogen) atoms. The lowest BCUT2D eigenvalue weighted by molar-refractivity contribution is 0.243. The molecule has 4 atom stereocenters. The number of nitrogens with zero attached hydrogens (tertiary/aromatic N) is 2. The van der Waals surface area contributed by atoms with Crippen molar-refractivity contribution in [2.24, 2.45) is 30.6 Å². The van der Waals surface area contributed by atoms with Crippen LogP contribution in [0.3, 0.4) is 0 Å². The molecule has 0 saturated heterocycles. The second-order valence-electron chi connectivity index (χ2n) is 5.48. The maximum absolute atomic E-state index is 5.80. The van der Waals surface area contributed by atoms with Crippen LogP contribution in [0.2, 0.25) is 0 Å². The van der Waals surface area contributed by atoms with E-state index < -0.39 is 0 Å². The first-order chi connectivity index (χ1) is 8.20. The highest BCUT2D eigenvalue weighted by atomic mass is 79.9. The van der Waals surface area contributed by atoms with E-state index in [2.05, 4.69) is 26.5 Å². The van der Waals surface area contributed by atoms with Crippen LogP contribution < -0.4 is 11.3 Å². The molecule has 0 aromatic carbocycles. The van der Waals surface area contributed by atoms with Gasteiger partial charge in [-0.2, -0.15) is 5.10 Å². The average Bonchev–Trinajstić information content (AvgIpc) is 3.00. The van der Waals surface area contributed by atoms with Gasteiger partial charge in [-0.15, -0.1) is 0 Å². The molecule has 2 aliphatic carbocycles. The molecule has 0 amide bonds. The third-order valence-corrected chi connectivity index (χ3v) is 5.24. The Kier molecular flexibility index (Phi) is 3.00. The zero-order valence-electron chi connectivity index (χ0n) is 10.1. The molecule has 2 bridgehead atoms. The van der Waals surface area contributed by atoms with Crippen molar-refractivity contribution in [3.63, 3.8) is 0 Å². The Labute approximate surface area is 110 Å². The standard InChI is InChI=1S/C12H19BrN4/c1-17-12(10(13)6-15-17)11(16-14)9-5-7-2-3-8(9)4-7/h6-9,11,16H,2-5,14H2,1H3. The maximum atomic E-state index is 5.80. The molecule has 4 unspecified atom stereocenters. The van der Waals surface area contributed by atoms with Gasteiger partial charge in [-0.05, 0) is 52.9 Å². The number of hydrogen-bond donors (Lipinski definition) is 2. The monoisotopic (exact) mass is 298 g/mol. The summed E-state index contributed by atoms with van der Waals surface area (Å²) >= 11 is 3.58. The minimum Gasteiger partial charge on any atom is -0.271 e. The van der Waals surface area contributed by atoms with Crippen LogP contribution in [0, 0.1) is 17.8 Å². The molecule has 0 radical (unpaired) electrons. The largest absolute Gasteiger partial charge is 0.271 e. The number of fused-ring (bicyclic) bond motifs is 2. The lowest BCUT2D eigenvalue weighted by Gasteiger charge is -2.30. The van der Waals surface area contributed by atoms with Crippen molar-refractivity contribution in [3.8, 4) is 0 Å². The van der Waals surface area contributed by atoms with Crippen molar-refractivity contribution < 1.29 is 0 Å². The van der Waals surface area contributed by atoms with Gasteiger partial charge in [0.15, 0.2) is 0 Å². The Bertz CT molecular complexity index is 397. The van der Waals surface area contributed by atoms with Crippen molar-refractivity contribution in [2.45, 2.75) is 31.7 Å². The summed E-state index contributed by atoms with van der Waals surface area (Å²) in [5, 5.41) is 4.29. The van der Waals surface area contributed by atoms with Crippen LogP contribution in [-0.4, -0.2) is 9.78 Å². The second kappa shape index (κ2) is 4.37. The van der Waals surface area contributed by atoms with Crippen molar-refractivity contribution >= 4 is 15.9 Å². The van der Waals surface area contributed by atoms with Crippen molar-refractivity contribution in [1.82, 2.24) is 15.2 Å². The van der Waals surface area contributed by atoms with Gasteiger partial charge in [-0.25, -0.2) is 0 Å². The predicted molar refractivity (Wildman–Crippen MR) is 69.9 cm³/mol. The summed E-state index contributed by atoms with van der Waals surface area (Å²) in [6.45, 7) is 0. The summed E-state index contributed by atoms with van der Waals surface area (Å²) in [7, 11) is 1.98. The molecule has 2 saturated carbocycles. The average molecular weight is 299 g/mol. The third-order valence-electron chi connectivity index (χ3n) is 4.63. The zero-order valence-corrected chi connectivity index (χ0v) is 11.7. The number of aromatic nitrogens is 2. The van der Waals surface area contributed by atoms with Crippen molar-refractivity contribution in [1.29, 1.82) is 0 Å². The van der Waals surface area contributed by atoms with Gasteiger partial charge in [0.25, 0.3) is 0 Å². The topological polar surface area (TPSA) is 55.9 Å². The molecule has 1 aromatic heterocycles. The van der Waals surface area contributed by atoms with Crippen LogP contribution in [0.1, 0.15) is 37.4 Å². The molecular formula is C12H19BrN4. The molecule has 3 N–H and O–H groups in total. The quantitative estimate of drug-likeness (QED) is 0.664. The van der Waals surface area contributed by atoms with Crippen LogP contribution in [0.5, 0.6) is 0 Å². The molecule has 5 heteroatoms. The van der Waals surface area contributed by atoms with E-state index in [1.165, 1.54) is 31.4 Å². The number of nitrogens with one attached hydrogen (secondary N) is 1. The highest BCUT2D eigenvalue weighted by Crippen LogP contribution is 2.52. The highest BCUT2D eigenvalue weighted by molar-refractivity contribution is 9.10. The molecule has 4 nitrogen and oxygen atoms in total. The summed E-state index contributed by atoms with van der Waals surface area (Å²) < 4.78 is 2.99. The second-order valence-corrected chi connectivity index (χ2v) is 6.34. The van der Waals surface area contributed by atoms with Crippen LogP contribution >= 0.6 is 15.9 Å². The molecule has 2 aliphatic rings. The number of aryl methyl sites for hydroxylation is 1. The summed E-state index contributed by atoms with van der Waals surface area (Å²) in [6.07, 6.45) is 7.37. The van der Waals surface area contributed by atoms with Crippen LogP contribution in [-0.2, 0) is 7.05 Å². The fourth-order valence-electron chi connectivity index (χ4n) is 3.88. The molecule has 3 rings (SSSR count). The van der Waals surface area contributed by atoms with Gasteiger partial charge >= 0.3 is 0 Å². The minimum atomic E-state index is 0.229. The normalized spacial score (nSPS) is 33.2. The minimum absolute atomic E-state index is 0.229. The van der Waals surface area contributed by atoms with Gasteiger partial charge in [0.2, 0.25) is 0 Å². The Hall–Kier alpha value is -0.390. The van der Waals surface area contributed by atoms with Crippen molar-refractivity contribution in [3.05, 3.63) is 16.4 Å². The Morgan fingerprint density at radius 1 is 1.53 bits per heavy atom. The van der Waals surface area contributed by atoms with Gasteiger partial charge in [0.05, 0.1) is 22.4 Å². The number of hydrogen-bond acceptors (Lipinski definition) is 3. The zero-order chi connectivity index (χ0) is 12.0. The first-order valence-corrected chi connectivity index (χ1v) is 7.13. The SMILES string of the molecule is Cn1ncc(Br)c1C(NN)C1CC2CCC1C2. The Morgan fingerprint density at radius 3 is 2.82 bits per heavy atom. The fourth-order valence-corrected chi connectivity index (χ4v) is 4.47. The summed E-state index contributed by atoms with van der Waals surface area (Å²) in [4.78, 5) is 0. The van der Waals surface area contributed by atoms with Gasteiger partial charge in [0.1, 0.15) is 0 Å². The van der Waals surface area contributed by atoms with Crippen LogP contribution in [0.15, 0.2) is 10.7 Å². The van der Waals surface area contributed by atoms with Crippen LogP contribution in [0.4, 0.5) is 0 Å². The maximum Gasteiger partial charge on any atom is 0.0708 e. The molecule has 94 valence electrons. The van der Waals surface area contributed by atoms with Crippen LogP contribution in [0.25, 0.3) is 0 Å². The lowest BCUT2D eigenvalue weighted by Crippen LogP contribution is -2.37. The Morgan fingerprint density at radius 2 is 2.35 bits per heavy atom. The molecular weight excluding hydrogens is 280 g/mol. The van der Waals surface area contributed by atoms with E-state index in [1.54, 1.807) is 0 Å². The predicted octanol–water partition coefficient (Wildman–Crippen LogP) is 2.12. The number of hydrazine groups is 1. The van der Waals surface area contributed by atoms with Crippen molar-refractivity contribution in [2.75, 3.05) is 0 Å². The third kappa shape index (κ3) is 1.84. The van der Waals surface area contributed by atoms with E-state index in [-0.39, 0.29) is 6.04 Å². The lowest BCUT2D eigenvalue weighted by atomic mass is 9.82.